The Labute approximate surface area is 105 Å². The third-order valence-electron chi connectivity index (χ3n) is 2.13. The molecule has 0 heterocycles. The summed E-state index contributed by atoms with van der Waals surface area (Å²) in [6, 6.07) is 16.0. The summed E-state index contributed by atoms with van der Waals surface area (Å²) in [6.07, 6.45) is 2.16. The van der Waals surface area contributed by atoms with Gasteiger partial charge in [-0.1, -0.05) is 42.5 Å². The predicted molar refractivity (Wildman–Crippen MR) is 70.2 cm³/mol. The molecule has 0 unspecified atom stereocenters. The number of rotatable bonds is 2. The Morgan fingerprint density at radius 1 is 0.833 bits per heavy atom. The highest BCUT2D eigenvalue weighted by molar-refractivity contribution is 5.60. The molecule has 0 saturated heterocycles. The number of oxime groups is 1. The van der Waals surface area contributed by atoms with Gasteiger partial charge in [-0.2, -0.15) is 0 Å². The highest BCUT2D eigenvalue weighted by Gasteiger charge is 1.90. The van der Waals surface area contributed by atoms with Crippen molar-refractivity contribution in [2.75, 3.05) is 0 Å². The van der Waals surface area contributed by atoms with Gasteiger partial charge in [0, 0.05) is 12.6 Å². The topological polar surface area (TPSA) is 73.1 Å². The first-order valence-corrected chi connectivity index (χ1v) is 5.41. The van der Waals surface area contributed by atoms with Crippen LogP contribution in [0.5, 0.6) is 11.5 Å². The van der Waals surface area contributed by atoms with E-state index in [0.29, 0.717) is 6.42 Å². The predicted octanol–water partition coefficient (Wildman–Crippen LogP) is 2.79. The van der Waals surface area contributed by atoms with Crippen LogP contribution >= 0.6 is 0 Å². The van der Waals surface area contributed by atoms with Gasteiger partial charge in [0.05, 0.1) is 0 Å². The summed E-state index contributed by atoms with van der Waals surface area (Å²) >= 11 is 0. The van der Waals surface area contributed by atoms with Crippen molar-refractivity contribution in [3.8, 4) is 11.5 Å². The highest BCUT2D eigenvalue weighted by Crippen LogP contribution is 2.21. The SMILES string of the molecule is ON=CCc1ccccc1.Oc1ccccc1O. The first-order chi connectivity index (χ1) is 8.74. The van der Waals surface area contributed by atoms with Crippen LogP contribution in [0.2, 0.25) is 0 Å². The molecule has 0 aliphatic heterocycles. The molecular formula is C14H15NO3. The number of aromatic hydroxyl groups is 2. The maximum absolute atomic E-state index is 8.67. The average molecular weight is 245 g/mol. The molecule has 0 fully saturated rings. The number of nitrogens with zero attached hydrogens (tertiary/aromatic N) is 1. The Balaban J connectivity index is 0.000000184. The van der Waals surface area contributed by atoms with E-state index in [4.69, 9.17) is 15.4 Å². The molecule has 0 radical (unpaired) electrons. The fourth-order valence-corrected chi connectivity index (χ4v) is 1.22. The number of hydrogen-bond acceptors (Lipinski definition) is 4. The lowest BCUT2D eigenvalue weighted by Crippen LogP contribution is -1.83. The summed E-state index contributed by atoms with van der Waals surface area (Å²) in [4.78, 5) is 0. The zero-order chi connectivity index (χ0) is 13.2. The molecule has 3 N–H and O–H groups in total. The van der Waals surface area contributed by atoms with Crippen molar-refractivity contribution < 1.29 is 15.4 Å². The molecule has 0 aromatic heterocycles. The first-order valence-electron chi connectivity index (χ1n) is 5.41. The lowest BCUT2D eigenvalue weighted by Gasteiger charge is -1.91. The number of para-hydroxylation sites is 2. The van der Waals surface area contributed by atoms with Crippen molar-refractivity contribution >= 4 is 6.21 Å². The van der Waals surface area contributed by atoms with Crippen LogP contribution in [-0.4, -0.2) is 21.6 Å². The Morgan fingerprint density at radius 2 is 1.33 bits per heavy atom. The molecule has 0 saturated carbocycles. The number of phenolic OH excluding ortho intramolecular Hbond substituents is 2. The summed E-state index contributed by atoms with van der Waals surface area (Å²) in [5.41, 5.74) is 1.15. The maximum Gasteiger partial charge on any atom is 0.157 e. The first kappa shape index (κ1) is 13.6. The monoisotopic (exact) mass is 245 g/mol. The van der Waals surface area contributed by atoms with Crippen LogP contribution in [0.4, 0.5) is 0 Å². The van der Waals surface area contributed by atoms with Gasteiger partial charge in [-0.05, 0) is 17.7 Å². The fraction of sp³-hybridized carbons (Fsp3) is 0.0714. The molecule has 2 rings (SSSR count). The van der Waals surface area contributed by atoms with Gasteiger partial charge in [-0.25, -0.2) is 0 Å². The molecule has 0 spiro atoms. The minimum atomic E-state index is -0.0764. The molecule has 0 amide bonds. The van der Waals surface area contributed by atoms with Gasteiger partial charge < -0.3 is 15.4 Å². The minimum absolute atomic E-state index is 0.0764. The van der Waals surface area contributed by atoms with Crippen LogP contribution in [0.1, 0.15) is 5.56 Å². The van der Waals surface area contributed by atoms with Gasteiger partial charge in [0.25, 0.3) is 0 Å². The van der Waals surface area contributed by atoms with E-state index in [9.17, 15) is 0 Å². The smallest absolute Gasteiger partial charge is 0.157 e. The Kier molecular flexibility index (Phi) is 5.83. The van der Waals surface area contributed by atoms with E-state index in [2.05, 4.69) is 5.16 Å². The molecule has 4 heteroatoms. The molecule has 4 nitrogen and oxygen atoms in total. The van der Waals surface area contributed by atoms with E-state index in [0.717, 1.165) is 5.56 Å². The minimum Gasteiger partial charge on any atom is -0.504 e. The zero-order valence-corrected chi connectivity index (χ0v) is 9.77. The normalized spacial score (nSPS) is 9.78. The summed E-state index contributed by atoms with van der Waals surface area (Å²) in [6.45, 7) is 0. The Hall–Kier alpha value is -2.49. The van der Waals surface area contributed by atoms with Gasteiger partial charge in [0.2, 0.25) is 0 Å². The van der Waals surface area contributed by atoms with E-state index in [1.165, 1.54) is 18.3 Å². The van der Waals surface area contributed by atoms with Gasteiger partial charge >= 0.3 is 0 Å². The van der Waals surface area contributed by atoms with Gasteiger partial charge in [0.1, 0.15) is 0 Å². The second-order valence-electron chi connectivity index (χ2n) is 3.48. The Morgan fingerprint density at radius 3 is 1.78 bits per heavy atom. The van der Waals surface area contributed by atoms with E-state index in [-0.39, 0.29) is 11.5 Å². The van der Waals surface area contributed by atoms with E-state index < -0.39 is 0 Å². The van der Waals surface area contributed by atoms with Gasteiger partial charge in [-0.15, -0.1) is 5.16 Å². The molecule has 0 aliphatic carbocycles. The highest BCUT2D eigenvalue weighted by atomic mass is 16.4. The fourth-order valence-electron chi connectivity index (χ4n) is 1.22. The summed E-state index contributed by atoms with van der Waals surface area (Å²) in [7, 11) is 0. The van der Waals surface area contributed by atoms with Crippen molar-refractivity contribution in [1.82, 2.24) is 0 Å². The van der Waals surface area contributed by atoms with Crippen LogP contribution < -0.4 is 0 Å². The molecule has 0 atom stereocenters. The van der Waals surface area contributed by atoms with Crippen LogP contribution in [-0.2, 0) is 6.42 Å². The third-order valence-corrected chi connectivity index (χ3v) is 2.13. The van der Waals surface area contributed by atoms with Crippen molar-refractivity contribution in [3.63, 3.8) is 0 Å². The van der Waals surface area contributed by atoms with E-state index in [1.54, 1.807) is 12.1 Å². The van der Waals surface area contributed by atoms with Crippen molar-refractivity contribution in [2.45, 2.75) is 6.42 Å². The van der Waals surface area contributed by atoms with Crippen molar-refractivity contribution in [1.29, 1.82) is 0 Å². The average Bonchev–Trinajstić information content (AvgIpc) is 2.42. The lowest BCUT2D eigenvalue weighted by atomic mass is 10.2. The quantitative estimate of drug-likeness (QED) is 0.329. The second kappa shape index (κ2) is 7.73. The summed E-state index contributed by atoms with van der Waals surface area (Å²) < 4.78 is 0. The molecule has 2 aromatic carbocycles. The van der Waals surface area contributed by atoms with E-state index in [1.807, 2.05) is 30.3 Å². The number of hydrogen-bond donors (Lipinski definition) is 3. The van der Waals surface area contributed by atoms with Gasteiger partial charge in [-0.3, -0.25) is 0 Å². The largest absolute Gasteiger partial charge is 0.504 e. The standard InChI is InChI=1S/C8H9NO.C6H6O2/c10-9-7-6-8-4-2-1-3-5-8;7-5-3-1-2-4-6(5)8/h1-5,7,10H,6H2;1-4,7-8H. The maximum atomic E-state index is 8.67. The number of benzene rings is 2. The number of phenols is 2. The van der Waals surface area contributed by atoms with Crippen LogP contribution in [0.25, 0.3) is 0 Å². The third kappa shape index (κ3) is 5.03. The van der Waals surface area contributed by atoms with Crippen LogP contribution in [0, 0.1) is 0 Å². The van der Waals surface area contributed by atoms with Crippen molar-refractivity contribution in [2.24, 2.45) is 5.16 Å². The molecule has 0 bridgehead atoms. The molecule has 94 valence electrons. The molecule has 2 aromatic rings. The Bertz CT molecular complexity index is 462. The molecular weight excluding hydrogens is 230 g/mol. The van der Waals surface area contributed by atoms with Crippen molar-refractivity contribution in [3.05, 3.63) is 60.2 Å². The zero-order valence-electron chi connectivity index (χ0n) is 9.77. The lowest BCUT2D eigenvalue weighted by molar-refractivity contribution is 0.321. The summed E-state index contributed by atoms with van der Waals surface area (Å²) in [5.74, 6) is -0.153. The molecule has 18 heavy (non-hydrogen) atoms. The van der Waals surface area contributed by atoms with Crippen LogP contribution in [0.15, 0.2) is 59.8 Å². The van der Waals surface area contributed by atoms with Crippen LogP contribution in [0.3, 0.4) is 0 Å². The molecule has 0 aliphatic rings. The van der Waals surface area contributed by atoms with Gasteiger partial charge in [0.15, 0.2) is 11.5 Å². The van der Waals surface area contributed by atoms with E-state index >= 15 is 0 Å². The summed E-state index contributed by atoms with van der Waals surface area (Å²) in [5, 5.41) is 28.3. The second-order valence-corrected chi connectivity index (χ2v) is 3.48.